The average Bonchev–Trinajstić information content (AvgIpc) is 3.25. The lowest BCUT2D eigenvalue weighted by Crippen LogP contribution is -2.23. The van der Waals surface area contributed by atoms with Crippen molar-refractivity contribution in [1.82, 2.24) is 25.3 Å². The fourth-order valence-corrected chi connectivity index (χ4v) is 3.28. The molecule has 0 aliphatic rings. The van der Waals surface area contributed by atoms with Crippen molar-refractivity contribution >= 4 is 16.7 Å². The molecule has 2 aromatic heterocycles. The molecular formula is C22H21N5O2. The number of aromatic nitrogens is 4. The second-order valence-corrected chi connectivity index (χ2v) is 6.61. The van der Waals surface area contributed by atoms with Gasteiger partial charge in [0, 0.05) is 18.2 Å². The van der Waals surface area contributed by atoms with E-state index in [0.717, 1.165) is 27.8 Å². The number of nitrogens with zero attached hydrogens (tertiary/aromatic N) is 4. The number of methoxy groups -OCH3 is 1. The lowest BCUT2D eigenvalue weighted by Gasteiger charge is -2.12. The molecule has 4 aromatic rings. The molecule has 0 unspecified atom stereocenters. The average molecular weight is 387 g/mol. The van der Waals surface area contributed by atoms with E-state index in [1.54, 1.807) is 30.4 Å². The maximum atomic E-state index is 12.4. The van der Waals surface area contributed by atoms with Crippen LogP contribution in [0.5, 0.6) is 5.75 Å². The highest BCUT2D eigenvalue weighted by molar-refractivity contribution is 5.88. The van der Waals surface area contributed by atoms with Crippen LogP contribution < -0.4 is 10.1 Å². The predicted octanol–water partition coefficient (Wildman–Crippen LogP) is 3.07. The quantitative estimate of drug-likeness (QED) is 0.527. The van der Waals surface area contributed by atoms with Crippen molar-refractivity contribution in [3.05, 3.63) is 78.4 Å². The van der Waals surface area contributed by atoms with Gasteiger partial charge in [-0.25, -0.2) is 4.68 Å². The molecule has 0 saturated carbocycles. The summed E-state index contributed by atoms with van der Waals surface area (Å²) in [5, 5.41) is 13.3. The molecule has 2 aromatic carbocycles. The Morgan fingerprint density at radius 1 is 1.14 bits per heavy atom. The maximum Gasteiger partial charge on any atom is 0.220 e. The molecule has 0 saturated heterocycles. The number of ether oxygens (including phenoxy) is 1. The fraction of sp³-hybridized carbons (Fsp3) is 0.182. The summed E-state index contributed by atoms with van der Waals surface area (Å²) in [6.45, 7) is 0.325. The standard InChI is InChI=1S/C22H21N5O2/c1-29-21-10-8-16-5-2-3-7-19(16)20(21)9-11-22(28)24-13-17-15-27(26-25-17)18-6-4-12-23-14-18/h2-8,10,12,14-15H,9,11,13H2,1H3,(H,24,28). The first-order valence-electron chi connectivity index (χ1n) is 9.37. The molecular weight excluding hydrogens is 366 g/mol. The van der Waals surface area contributed by atoms with E-state index < -0.39 is 0 Å². The topological polar surface area (TPSA) is 81.9 Å². The Hall–Kier alpha value is -3.74. The number of aryl methyl sites for hydroxylation is 1. The summed E-state index contributed by atoms with van der Waals surface area (Å²) < 4.78 is 7.14. The van der Waals surface area contributed by atoms with Gasteiger partial charge in [-0.2, -0.15) is 0 Å². The molecule has 1 N–H and O–H groups in total. The van der Waals surface area contributed by atoms with Crippen LogP contribution in [0.25, 0.3) is 16.5 Å². The molecule has 7 heteroatoms. The number of benzene rings is 2. The van der Waals surface area contributed by atoms with Crippen molar-refractivity contribution < 1.29 is 9.53 Å². The fourth-order valence-electron chi connectivity index (χ4n) is 3.28. The van der Waals surface area contributed by atoms with Crippen LogP contribution in [0.15, 0.2) is 67.1 Å². The molecule has 0 radical (unpaired) electrons. The normalized spacial score (nSPS) is 10.8. The van der Waals surface area contributed by atoms with E-state index >= 15 is 0 Å². The van der Waals surface area contributed by atoms with Crippen molar-refractivity contribution in [3.8, 4) is 11.4 Å². The summed E-state index contributed by atoms with van der Waals surface area (Å²) in [6.07, 6.45) is 6.14. The van der Waals surface area contributed by atoms with Crippen LogP contribution in [0.2, 0.25) is 0 Å². The SMILES string of the molecule is COc1ccc2ccccc2c1CCC(=O)NCc1cn(-c2cccnc2)nn1. The number of hydrogen-bond acceptors (Lipinski definition) is 5. The van der Waals surface area contributed by atoms with Crippen LogP contribution in [0, 0.1) is 0 Å². The number of carbonyl (C=O) groups is 1. The second kappa shape index (κ2) is 8.52. The van der Waals surface area contributed by atoms with Crippen LogP contribution in [0.1, 0.15) is 17.7 Å². The van der Waals surface area contributed by atoms with E-state index in [1.807, 2.05) is 36.4 Å². The zero-order chi connectivity index (χ0) is 20.1. The summed E-state index contributed by atoms with van der Waals surface area (Å²) >= 11 is 0. The van der Waals surface area contributed by atoms with Gasteiger partial charge in [-0.1, -0.05) is 35.5 Å². The summed E-state index contributed by atoms with van der Waals surface area (Å²) in [7, 11) is 1.65. The Morgan fingerprint density at radius 3 is 2.86 bits per heavy atom. The van der Waals surface area contributed by atoms with Gasteiger partial charge in [-0.05, 0) is 35.4 Å². The minimum Gasteiger partial charge on any atom is -0.496 e. The van der Waals surface area contributed by atoms with Gasteiger partial charge in [-0.15, -0.1) is 5.10 Å². The van der Waals surface area contributed by atoms with Gasteiger partial charge >= 0.3 is 0 Å². The van der Waals surface area contributed by atoms with E-state index in [-0.39, 0.29) is 5.91 Å². The lowest BCUT2D eigenvalue weighted by atomic mass is 9.99. The Morgan fingerprint density at radius 2 is 2.03 bits per heavy atom. The third-order valence-corrected chi connectivity index (χ3v) is 4.74. The first-order chi connectivity index (χ1) is 14.2. The molecule has 4 rings (SSSR count). The van der Waals surface area contributed by atoms with Gasteiger partial charge in [0.2, 0.25) is 5.91 Å². The van der Waals surface area contributed by atoms with Gasteiger partial charge in [0.25, 0.3) is 0 Å². The van der Waals surface area contributed by atoms with Gasteiger partial charge in [0.15, 0.2) is 0 Å². The third kappa shape index (κ3) is 4.24. The Kier molecular flexibility index (Phi) is 5.47. The molecule has 0 fully saturated rings. The van der Waals surface area contributed by atoms with Crippen molar-refractivity contribution in [2.45, 2.75) is 19.4 Å². The van der Waals surface area contributed by atoms with Gasteiger partial charge < -0.3 is 10.1 Å². The monoisotopic (exact) mass is 387 g/mol. The number of nitrogens with one attached hydrogen (secondary N) is 1. The number of fused-ring (bicyclic) bond motifs is 1. The highest BCUT2D eigenvalue weighted by atomic mass is 16.5. The van der Waals surface area contributed by atoms with Crippen molar-refractivity contribution in [2.24, 2.45) is 0 Å². The Bertz CT molecular complexity index is 1120. The zero-order valence-electron chi connectivity index (χ0n) is 16.1. The van der Waals surface area contributed by atoms with Crippen molar-refractivity contribution in [2.75, 3.05) is 7.11 Å². The van der Waals surface area contributed by atoms with Crippen molar-refractivity contribution in [1.29, 1.82) is 0 Å². The number of rotatable bonds is 7. The summed E-state index contributed by atoms with van der Waals surface area (Å²) in [5.41, 5.74) is 2.55. The van der Waals surface area contributed by atoms with E-state index in [1.165, 1.54) is 0 Å². The zero-order valence-corrected chi connectivity index (χ0v) is 16.1. The number of hydrogen-bond donors (Lipinski definition) is 1. The van der Waals surface area contributed by atoms with Crippen LogP contribution in [-0.4, -0.2) is 33.0 Å². The molecule has 0 aliphatic heterocycles. The van der Waals surface area contributed by atoms with Crippen molar-refractivity contribution in [3.63, 3.8) is 0 Å². The Labute approximate surface area is 168 Å². The molecule has 146 valence electrons. The highest BCUT2D eigenvalue weighted by Gasteiger charge is 2.11. The molecule has 1 amide bonds. The molecule has 7 nitrogen and oxygen atoms in total. The molecule has 2 heterocycles. The number of carbonyl (C=O) groups excluding carboxylic acids is 1. The largest absolute Gasteiger partial charge is 0.496 e. The third-order valence-electron chi connectivity index (χ3n) is 4.74. The molecule has 29 heavy (non-hydrogen) atoms. The number of amides is 1. The summed E-state index contributed by atoms with van der Waals surface area (Å²) in [5.74, 6) is 0.756. The maximum absolute atomic E-state index is 12.4. The molecule has 0 spiro atoms. The lowest BCUT2D eigenvalue weighted by molar-refractivity contribution is -0.121. The highest BCUT2D eigenvalue weighted by Crippen LogP contribution is 2.29. The van der Waals surface area contributed by atoms with E-state index in [0.29, 0.717) is 25.1 Å². The Balaban J connectivity index is 1.38. The molecule has 0 aliphatic carbocycles. The molecule has 0 atom stereocenters. The van der Waals surface area contributed by atoms with Gasteiger partial charge in [-0.3, -0.25) is 9.78 Å². The van der Waals surface area contributed by atoms with E-state index in [2.05, 4.69) is 32.7 Å². The first-order valence-corrected chi connectivity index (χ1v) is 9.37. The van der Waals surface area contributed by atoms with Gasteiger partial charge in [0.05, 0.1) is 31.7 Å². The predicted molar refractivity (Wildman–Crippen MR) is 110 cm³/mol. The molecule has 0 bridgehead atoms. The second-order valence-electron chi connectivity index (χ2n) is 6.61. The summed E-state index contributed by atoms with van der Waals surface area (Å²) in [6, 6.07) is 15.8. The minimum absolute atomic E-state index is 0.0454. The van der Waals surface area contributed by atoms with Crippen LogP contribution in [0.3, 0.4) is 0 Å². The minimum atomic E-state index is -0.0454. The van der Waals surface area contributed by atoms with Crippen LogP contribution >= 0.6 is 0 Å². The summed E-state index contributed by atoms with van der Waals surface area (Å²) in [4.78, 5) is 16.5. The van der Waals surface area contributed by atoms with Gasteiger partial charge in [0.1, 0.15) is 11.4 Å². The van der Waals surface area contributed by atoms with E-state index in [9.17, 15) is 4.79 Å². The first kappa shape index (κ1) is 18.6. The van der Waals surface area contributed by atoms with Crippen LogP contribution in [-0.2, 0) is 17.8 Å². The smallest absolute Gasteiger partial charge is 0.220 e. The van der Waals surface area contributed by atoms with Crippen LogP contribution in [0.4, 0.5) is 0 Å². The number of pyridine rings is 1. The van der Waals surface area contributed by atoms with E-state index in [4.69, 9.17) is 4.74 Å².